The predicted molar refractivity (Wildman–Crippen MR) is 85.3 cm³/mol. The standard InChI is InChI=1S/C18H19NO2/c1-13-5-4-6-16-15(13)9-10-19(16)12-14-7-8-17(20-2)18(11-14)21-3/h4-11H,12H2,1-3H3. The molecule has 21 heavy (non-hydrogen) atoms. The Morgan fingerprint density at radius 2 is 1.76 bits per heavy atom. The summed E-state index contributed by atoms with van der Waals surface area (Å²) in [6.45, 7) is 2.95. The smallest absolute Gasteiger partial charge is 0.161 e. The highest BCUT2D eigenvalue weighted by Crippen LogP contribution is 2.28. The third-order valence-electron chi connectivity index (χ3n) is 3.83. The highest BCUT2D eigenvalue weighted by atomic mass is 16.5. The first kappa shape index (κ1) is 13.6. The lowest BCUT2D eigenvalue weighted by Gasteiger charge is -2.11. The number of benzene rings is 2. The van der Waals surface area contributed by atoms with Gasteiger partial charge in [-0.1, -0.05) is 18.2 Å². The molecule has 3 heteroatoms. The van der Waals surface area contributed by atoms with Crippen LogP contribution in [-0.2, 0) is 6.54 Å². The van der Waals surface area contributed by atoms with Crippen molar-refractivity contribution in [3.63, 3.8) is 0 Å². The van der Waals surface area contributed by atoms with Crippen molar-refractivity contribution in [2.24, 2.45) is 0 Å². The van der Waals surface area contributed by atoms with Crippen LogP contribution in [0.4, 0.5) is 0 Å². The molecule has 0 bridgehead atoms. The Labute approximate surface area is 124 Å². The van der Waals surface area contributed by atoms with Gasteiger partial charge in [0.15, 0.2) is 11.5 Å². The number of aryl methyl sites for hydroxylation is 1. The van der Waals surface area contributed by atoms with Crippen molar-refractivity contribution >= 4 is 10.9 Å². The number of aromatic nitrogens is 1. The van der Waals surface area contributed by atoms with Crippen LogP contribution in [0.15, 0.2) is 48.7 Å². The Hall–Kier alpha value is -2.42. The van der Waals surface area contributed by atoms with Crippen molar-refractivity contribution in [1.82, 2.24) is 4.57 Å². The Bertz CT molecular complexity index is 774. The molecule has 0 aliphatic rings. The van der Waals surface area contributed by atoms with Crippen LogP contribution in [0.25, 0.3) is 10.9 Å². The molecule has 2 aromatic carbocycles. The summed E-state index contributed by atoms with van der Waals surface area (Å²) >= 11 is 0. The van der Waals surface area contributed by atoms with Crippen molar-refractivity contribution in [2.75, 3.05) is 14.2 Å². The molecular weight excluding hydrogens is 262 g/mol. The topological polar surface area (TPSA) is 23.4 Å². The molecule has 1 heterocycles. The molecule has 3 nitrogen and oxygen atoms in total. The summed E-state index contributed by atoms with van der Waals surface area (Å²) in [5, 5.41) is 1.30. The average Bonchev–Trinajstić information content (AvgIpc) is 2.92. The predicted octanol–water partition coefficient (Wildman–Crippen LogP) is 4.02. The van der Waals surface area contributed by atoms with Gasteiger partial charge in [0, 0.05) is 23.6 Å². The molecule has 0 unspecified atom stereocenters. The van der Waals surface area contributed by atoms with Gasteiger partial charge in [-0.05, 0) is 42.3 Å². The van der Waals surface area contributed by atoms with E-state index in [9.17, 15) is 0 Å². The van der Waals surface area contributed by atoms with E-state index in [2.05, 4.69) is 48.0 Å². The fourth-order valence-electron chi connectivity index (χ4n) is 2.69. The second-order valence-corrected chi connectivity index (χ2v) is 5.14. The number of methoxy groups -OCH3 is 2. The molecule has 0 aliphatic carbocycles. The van der Waals surface area contributed by atoms with E-state index in [4.69, 9.17) is 9.47 Å². The summed E-state index contributed by atoms with van der Waals surface area (Å²) in [5.41, 5.74) is 3.75. The first-order valence-corrected chi connectivity index (χ1v) is 6.98. The van der Waals surface area contributed by atoms with E-state index in [-0.39, 0.29) is 0 Å². The second-order valence-electron chi connectivity index (χ2n) is 5.14. The van der Waals surface area contributed by atoms with Crippen LogP contribution in [0.5, 0.6) is 11.5 Å². The molecule has 108 valence electrons. The Morgan fingerprint density at radius 3 is 2.52 bits per heavy atom. The first-order valence-electron chi connectivity index (χ1n) is 6.98. The molecule has 0 amide bonds. The maximum absolute atomic E-state index is 5.37. The molecular formula is C18H19NO2. The van der Waals surface area contributed by atoms with Crippen molar-refractivity contribution < 1.29 is 9.47 Å². The van der Waals surface area contributed by atoms with E-state index in [1.807, 2.05) is 12.1 Å². The van der Waals surface area contributed by atoms with Gasteiger partial charge >= 0.3 is 0 Å². The summed E-state index contributed by atoms with van der Waals surface area (Å²) < 4.78 is 12.9. The molecule has 3 rings (SSSR count). The van der Waals surface area contributed by atoms with Crippen molar-refractivity contribution in [2.45, 2.75) is 13.5 Å². The molecule has 3 aromatic rings. The van der Waals surface area contributed by atoms with Crippen molar-refractivity contribution in [3.05, 3.63) is 59.8 Å². The van der Waals surface area contributed by atoms with E-state index in [1.54, 1.807) is 14.2 Å². The number of hydrogen-bond donors (Lipinski definition) is 0. The van der Waals surface area contributed by atoms with E-state index < -0.39 is 0 Å². The zero-order chi connectivity index (χ0) is 14.8. The van der Waals surface area contributed by atoms with Crippen molar-refractivity contribution in [1.29, 1.82) is 0 Å². The van der Waals surface area contributed by atoms with Gasteiger partial charge in [-0.2, -0.15) is 0 Å². The summed E-state index contributed by atoms with van der Waals surface area (Å²) in [5.74, 6) is 1.53. The molecule has 0 N–H and O–H groups in total. The minimum Gasteiger partial charge on any atom is -0.493 e. The summed E-state index contributed by atoms with van der Waals surface area (Å²) in [6, 6.07) is 14.6. The lowest BCUT2D eigenvalue weighted by atomic mass is 10.1. The van der Waals surface area contributed by atoms with Crippen LogP contribution >= 0.6 is 0 Å². The van der Waals surface area contributed by atoms with Crippen LogP contribution in [-0.4, -0.2) is 18.8 Å². The second kappa shape index (κ2) is 5.52. The third-order valence-corrected chi connectivity index (χ3v) is 3.83. The highest BCUT2D eigenvalue weighted by Gasteiger charge is 2.07. The van der Waals surface area contributed by atoms with Gasteiger partial charge < -0.3 is 14.0 Å². The summed E-state index contributed by atoms with van der Waals surface area (Å²) in [6.07, 6.45) is 2.13. The maximum Gasteiger partial charge on any atom is 0.161 e. The fourth-order valence-corrected chi connectivity index (χ4v) is 2.69. The summed E-state index contributed by atoms with van der Waals surface area (Å²) in [7, 11) is 3.32. The van der Waals surface area contributed by atoms with E-state index >= 15 is 0 Å². The SMILES string of the molecule is COc1ccc(Cn2ccc3c(C)cccc32)cc1OC. The van der Waals surface area contributed by atoms with Crippen molar-refractivity contribution in [3.8, 4) is 11.5 Å². The number of ether oxygens (including phenoxy) is 2. The van der Waals surface area contributed by atoms with E-state index in [1.165, 1.54) is 22.0 Å². The van der Waals surface area contributed by atoms with Crippen LogP contribution in [0.1, 0.15) is 11.1 Å². The van der Waals surface area contributed by atoms with Crippen LogP contribution in [0, 0.1) is 6.92 Å². The van der Waals surface area contributed by atoms with Crippen LogP contribution in [0.2, 0.25) is 0 Å². The van der Waals surface area contributed by atoms with E-state index in [0.717, 1.165) is 18.0 Å². The molecule has 0 saturated heterocycles. The molecule has 0 atom stereocenters. The molecule has 0 spiro atoms. The lowest BCUT2D eigenvalue weighted by Crippen LogP contribution is -1.99. The number of nitrogens with zero attached hydrogens (tertiary/aromatic N) is 1. The van der Waals surface area contributed by atoms with Gasteiger partial charge in [0.25, 0.3) is 0 Å². The molecule has 0 fully saturated rings. The zero-order valence-corrected chi connectivity index (χ0v) is 12.6. The number of fused-ring (bicyclic) bond motifs is 1. The lowest BCUT2D eigenvalue weighted by molar-refractivity contribution is 0.354. The van der Waals surface area contributed by atoms with Gasteiger partial charge in [0.05, 0.1) is 14.2 Å². The average molecular weight is 281 g/mol. The van der Waals surface area contributed by atoms with Gasteiger partial charge in [0.1, 0.15) is 0 Å². The minimum absolute atomic E-state index is 0.759. The van der Waals surface area contributed by atoms with Gasteiger partial charge in [-0.15, -0.1) is 0 Å². The van der Waals surface area contributed by atoms with Gasteiger partial charge in [-0.3, -0.25) is 0 Å². The molecule has 1 aromatic heterocycles. The molecule has 0 saturated carbocycles. The van der Waals surface area contributed by atoms with Gasteiger partial charge in [-0.25, -0.2) is 0 Å². The number of hydrogen-bond acceptors (Lipinski definition) is 2. The highest BCUT2D eigenvalue weighted by molar-refractivity contribution is 5.83. The van der Waals surface area contributed by atoms with E-state index in [0.29, 0.717) is 0 Å². The monoisotopic (exact) mass is 281 g/mol. The largest absolute Gasteiger partial charge is 0.493 e. The Kier molecular flexibility index (Phi) is 3.57. The first-order chi connectivity index (χ1) is 10.2. The number of rotatable bonds is 4. The molecule has 0 aliphatic heterocycles. The fraction of sp³-hybridized carbons (Fsp3) is 0.222. The minimum atomic E-state index is 0.759. The third kappa shape index (κ3) is 2.47. The zero-order valence-electron chi connectivity index (χ0n) is 12.6. The Balaban J connectivity index is 1.97. The normalized spacial score (nSPS) is 10.8. The van der Waals surface area contributed by atoms with Crippen LogP contribution < -0.4 is 9.47 Å². The molecule has 0 radical (unpaired) electrons. The summed E-state index contributed by atoms with van der Waals surface area (Å²) in [4.78, 5) is 0. The quantitative estimate of drug-likeness (QED) is 0.721. The van der Waals surface area contributed by atoms with Gasteiger partial charge in [0.2, 0.25) is 0 Å². The maximum atomic E-state index is 5.37. The van der Waals surface area contributed by atoms with Crippen LogP contribution in [0.3, 0.4) is 0 Å². The Morgan fingerprint density at radius 1 is 0.952 bits per heavy atom.